The van der Waals surface area contributed by atoms with Crippen molar-refractivity contribution in [2.75, 3.05) is 38.2 Å². The Kier molecular flexibility index (Phi) is 8.13. The number of piperidine rings is 1. The number of halogens is 1. The SMILES string of the molecule is Cc1ccc(NC(=O)c2ccn(C3CCCNC3)n2)cc1OCC1CCOCC1.Cl. The Labute approximate surface area is 183 Å². The molecule has 0 aliphatic carbocycles. The first kappa shape index (κ1) is 22.6. The molecular weight excluding hydrogens is 404 g/mol. The van der Waals surface area contributed by atoms with Crippen molar-refractivity contribution in [2.24, 2.45) is 5.92 Å². The number of aryl methyl sites for hydroxylation is 1. The van der Waals surface area contributed by atoms with Gasteiger partial charge in [0.2, 0.25) is 0 Å². The lowest BCUT2D eigenvalue weighted by Crippen LogP contribution is -2.32. The molecule has 2 saturated heterocycles. The Balaban J connectivity index is 0.00000256. The summed E-state index contributed by atoms with van der Waals surface area (Å²) in [5.74, 6) is 1.14. The Morgan fingerprint density at radius 3 is 2.90 bits per heavy atom. The molecule has 1 aromatic heterocycles. The van der Waals surface area contributed by atoms with E-state index in [0.717, 1.165) is 69.0 Å². The highest BCUT2D eigenvalue weighted by molar-refractivity contribution is 6.02. The third-order valence-corrected chi connectivity index (χ3v) is 5.75. The van der Waals surface area contributed by atoms with Crippen molar-refractivity contribution < 1.29 is 14.3 Å². The van der Waals surface area contributed by atoms with Crippen LogP contribution in [0.15, 0.2) is 30.5 Å². The number of carbonyl (C=O) groups excluding carboxylic acids is 1. The lowest BCUT2D eigenvalue weighted by molar-refractivity contribution is 0.0496. The molecule has 2 fully saturated rings. The van der Waals surface area contributed by atoms with Gasteiger partial charge in [-0.3, -0.25) is 9.48 Å². The second-order valence-corrected chi connectivity index (χ2v) is 7.98. The summed E-state index contributed by atoms with van der Waals surface area (Å²) < 4.78 is 13.4. The molecule has 0 spiro atoms. The average molecular weight is 435 g/mol. The molecule has 7 nitrogen and oxygen atoms in total. The Morgan fingerprint density at radius 2 is 2.13 bits per heavy atom. The summed E-state index contributed by atoms with van der Waals surface area (Å²) in [6, 6.07) is 7.86. The predicted molar refractivity (Wildman–Crippen MR) is 119 cm³/mol. The topological polar surface area (TPSA) is 77.4 Å². The number of ether oxygens (including phenoxy) is 2. The molecule has 1 amide bonds. The number of anilines is 1. The summed E-state index contributed by atoms with van der Waals surface area (Å²) in [7, 11) is 0. The molecule has 2 N–H and O–H groups in total. The number of carbonyl (C=O) groups is 1. The maximum atomic E-state index is 12.7. The predicted octanol–water partition coefficient (Wildman–Crippen LogP) is 3.60. The van der Waals surface area contributed by atoms with Crippen LogP contribution in [0.25, 0.3) is 0 Å². The molecule has 4 rings (SSSR count). The van der Waals surface area contributed by atoms with E-state index in [9.17, 15) is 4.79 Å². The molecule has 164 valence electrons. The summed E-state index contributed by atoms with van der Waals surface area (Å²) in [4.78, 5) is 12.7. The maximum absolute atomic E-state index is 12.7. The van der Waals surface area contributed by atoms with Crippen LogP contribution in [0, 0.1) is 12.8 Å². The van der Waals surface area contributed by atoms with E-state index in [-0.39, 0.29) is 18.3 Å². The Hall–Kier alpha value is -2.09. The fourth-order valence-corrected chi connectivity index (χ4v) is 3.87. The highest BCUT2D eigenvalue weighted by Gasteiger charge is 2.18. The van der Waals surface area contributed by atoms with Gasteiger partial charge in [0.25, 0.3) is 5.91 Å². The third kappa shape index (κ3) is 5.74. The van der Waals surface area contributed by atoms with Crippen LogP contribution in [0.2, 0.25) is 0 Å². The van der Waals surface area contributed by atoms with Gasteiger partial charge in [-0.15, -0.1) is 12.4 Å². The zero-order valence-electron chi connectivity index (χ0n) is 17.4. The fourth-order valence-electron chi connectivity index (χ4n) is 3.87. The summed E-state index contributed by atoms with van der Waals surface area (Å²) in [5, 5.41) is 10.8. The third-order valence-electron chi connectivity index (χ3n) is 5.75. The van der Waals surface area contributed by atoms with Crippen LogP contribution in [-0.2, 0) is 4.74 Å². The summed E-state index contributed by atoms with van der Waals surface area (Å²) in [6.07, 6.45) is 6.18. The standard InChI is InChI=1S/C22H30N4O3.ClH/c1-16-4-5-18(13-21(16)29-15-17-7-11-28-12-8-17)24-22(27)20-6-10-26(25-20)19-3-2-9-23-14-19;/h4-6,10,13,17,19,23H,2-3,7-9,11-12,14-15H2,1H3,(H,24,27);1H. The largest absolute Gasteiger partial charge is 0.493 e. The smallest absolute Gasteiger partial charge is 0.276 e. The molecule has 1 unspecified atom stereocenters. The van der Waals surface area contributed by atoms with Gasteiger partial charge in [-0.05, 0) is 62.8 Å². The van der Waals surface area contributed by atoms with E-state index < -0.39 is 0 Å². The minimum absolute atomic E-state index is 0. The zero-order valence-corrected chi connectivity index (χ0v) is 18.2. The lowest BCUT2D eigenvalue weighted by Gasteiger charge is -2.23. The second kappa shape index (κ2) is 10.8. The van der Waals surface area contributed by atoms with Gasteiger partial charge in [0.15, 0.2) is 5.69 Å². The van der Waals surface area contributed by atoms with Crippen LogP contribution in [0.4, 0.5) is 5.69 Å². The minimum Gasteiger partial charge on any atom is -0.493 e. The molecule has 2 aliphatic rings. The van der Waals surface area contributed by atoms with E-state index in [4.69, 9.17) is 9.47 Å². The lowest BCUT2D eigenvalue weighted by atomic mass is 10.0. The molecular formula is C22H31ClN4O3. The van der Waals surface area contributed by atoms with Crippen molar-refractivity contribution in [3.05, 3.63) is 41.7 Å². The van der Waals surface area contributed by atoms with Gasteiger partial charge in [0.1, 0.15) is 5.75 Å². The average Bonchev–Trinajstić information content (AvgIpc) is 3.26. The van der Waals surface area contributed by atoms with Crippen molar-refractivity contribution in [3.63, 3.8) is 0 Å². The molecule has 8 heteroatoms. The van der Waals surface area contributed by atoms with E-state index in [1.54, 1.807) is 6.07 Å². The van der Waals surface area contributed by atoms with Gasteiger partial charge in [0, 0.05) is 37.7 Å². The first-order valence-electron chi connectivity index (χ1n) is 10.6. The number of hydrogen-bond donors (Lipinski definition) is 2. The van der Waals surface area contributed by atoms with Crippen LogP contribution >= 0.6 is 12.4 Å². The first-order valence-corrected chi connectivity index (χ1v) is 10.6. The van der Waals surface area contributed by atoms with E-state index >= 15 is 0 Å². The quantitative estimate of drug-likeness (QED) is 0.726. The molecule has 0 saturated carbocycles. The summed E-state index contributed by atoms with van der Waals surface area (Å²) in [6.45, 7) is 6.28. The summed E-state index contributed by atoms with van der Waals surface area (Å²) >= 11 is 0. The molecule has 2 aromatic rings. The van der Waals surface area contributed by atoms with Gasteiger partial charge < -0.3 is 20.1 Å². The number of rotatable bonds is 6. The first-order chi connectivity index (χ1) is 14.2. The van der Waals surface area contributed by atoms with Gasteiger partial charge in [-0.25, -0.2) is 0 Å². The van der Waals surface area contributed by atoms with Crippen LogP contribution in [0.3, 0.4) is 0 Å². The highest BCUT2D eigenvalue weighted by atomic mass is 35.5. The number of hydrogen-bond acceptors (Lipinski definition) is 5. The van der Waals surface area contributed by atoms with Crippen LogP contribution in [0.1, 0.15) is 47.8 Å². The van der Waals surface area contributed by atoms with Gasteiger partial charge >= 0.3 is 0 Å². The maximum Gasteiger partial charge on any atom is 0.276 e. The van der Waals surface area contributed by atoms with E-state index in [1.807, 2.05) is 36.0 Å². The molecule has 0 radical (unpaired) electrons. The highest BCUT2D eigenvalue weighted by Crippen LogP contribution is 2.25. The number of amides is 1. The Morgan fingerprint density at radius 1 is 1.30 bits per heavy atom. The fraction of sp³-hybridized carbons (Fsp3) is 0.545. The number of benzene rings is 1. The van der Waals surface area contributed by atoms with Gasteiger partial charge in [0.05, 0.1) is 12.6 Å². The molecule has 1 atom stereocenters. The van der Waals surface area contributed by atoms with Crippen molar-refractivity contribution >= 4 is 24.0 Å². The van der Waals surface area contributed by atoms with E-state index in [2.05, 4.69) is 15.7 Å². The molecule has 2 aliphatic heterocycles. The van der Waals surface area contributed by atoms with Crippen molar-refractivity contribution in [2.45, 2.75) is 38.6 Å². The molecule has 0 bridgehead atoms. The van der Waals surface area contributed by atoms with Crippen molar-refractivity contribution in [3.8, 4) is 5.75 Å². The van der Waals surface area contributed by atoms with Crippen LogP contribution < -0.4 is 15.4 Å². The van der Waals surface area contributed by atoms with Crippen molar-refractivity contribution in [1.82, 2.24) is 15.1 Å². The van der Waals surface area contributed by atoms with E-state index in [0.29, 0.717) is 24.3 Å². The number of nitrogens with one attached hydrogen (secondary N) is 2. The molecule has 1 aromatic carbocycles. The second-order valence-electron chi connectivity index (χ2n) is 7.98. The molecule has 3 heterocycles. The number of aromatic nitrogens is 2. The minimum atomic E-state index is -0.202. The normalized spacial score (nSPS) is 19.7. The van der Waals surface area contributed by atoms with Crippen molar-refractivity contribution in [1.29, 1.82) is 0 Å². The zero-order chi connectivity index (χ0) is 20.1. The van der Waals surface area contributed by atoms with E-state index in [1.165, 1.54) is 0 Å². The summed E-state index contributed by atoms with van der Waals surface area (Å²) in [5.41, 5.74) is 2.21. The van der Waals surface area contributed by atoms with Crippen LogP contribution in [-0.4, -0.2) is 48.6 Å². The van der Waals surface area contributed by atoms with Gasteiger partial charge in [-0.2, -0.15) is 5.10 Å². The monoisotopic (exact) mass is 434 g/mol. The number of nitrogens with zero attached hydrogens (tertiary/aromatic N) is 2. The van der Waals surface area contributed by atoms with Crippen LogP contribution in [0.5, 0.6) is 5.75 Å². The Bertz CT molecular complexity index is 830. The van der Waals surface area contributed by atoms with Gasteiger partial charge in [-0.1, -0.05) is 6.07 Å². The molecule has 30 heavy (non-hydrogen) atoms.